The van der Waals surface area contributed by atoms with Crippen molar-refractivity contribution in [3.05, 3.63) is 106 Å². The lowest BCUT2D eigenvalue weighted by atomic mass is 9.84. The van der Waals surface area contributed by atoms with Gasteiger partial charge in [0.15, 0.2) is 0 Å². The molecule has 0 saturated carbocycles. The summed E-state index contributed by atoms with van der Waals surface area (Å²) in [5.41, 5.74) is 17.1. The molecule has 0 aliphatic heterocycles. The van der Waals surface area contributed by atoms with Gasteiger partial charge in [-0.2, -0.15) is 0 Å². The zero-order valence-corrected chi connectivity index (χ0v) is 23.6. The average Bonchev–Trinajstić information content (AvgIpc) is 3.25. The van der Waals surface area contributed by atoms with E-state index < -0.39 is 0 Å². The van der Waals surface area contributed by atoms with Gasteiger partial charge in [0, 0.05) is 0 Å². The monoisotopic (exact) mass is 486 g/mol. The second-order valence-electron chi connectivity index (χ2n) is 11.5. The Hall–Kier alpha value is -3.12. The highest BCUT2D eigenvalue weighted by atomic mass is 14.3. The van der Waals surface area contributed by atoms with Gasteiger partial charge in [0.1, 0.15) is 0 Å². The van der Waals surface area contributed by atoms with Crippen LogP contribution in [0.2, 0.25) is 0 Å². The highest BCUT2D eigenvalue weighted by Crippen LogP contribution is 2.46. The molecule has 4 aromatic carbocycles. The zero-order chi connectivity index (χ0) is 26.1. The van der Waals surface area contributed by atoms with E-state index in [1.54, 1.807) is 0 Å². The number of hydrogen-bond acceptors (Lipinski definition) is 0. The Morgan fingerprint density at radius 1 is 0.541 bits per heavy atom. The largest absolute Gasteiger partial charge is 0.0654 e. The van der Waals surface area contributed by atoms with E-state index in [0.717, 1.165) is 6.42 Å². The van der Waals surface area contributed by atoms with Crippen molar-refractivity contribution in [1.82, 2.24) is 0 Å². The number of benzene rings is 4. The first-order valence-corrected chi connectivity index (χ1v) is 14.4. The predicted molar refractivity (Wildman–Crippen MR) is 162 cm³/mol. The van der Waals surface area contributed by atoms with Crippen molar-refractivity contribution in [3.8, 4) is 33.4 Å². The molecule has 0 saturated heterocycles. The van der Waals surface area contributed by atoms with Gasteiger partial charge in [-0.1, -0.05) is 100 Å². The summed E-state index contributed by atoms with van der Waals surface area (Å²) in [6.07, 6.45) is 5.88. The van der Waals surface area contributed by atoms with Crippen molar-refractivity contribution in [2.45, 2.75) is 85.5 Å². The van der Waals surface area contributed by atoms with Crippen LogP contribution >= 0.6 is 0 Å². The standard InChI is InChI=1S/C37H42/c1-7-9-26(5)32-22-36-30(20-34(32)28-15-11-24(3)12-16-28)19-31-21-35(29-17-13-25(4)14-18-29)33(23-37(31)36)27(6)10-8-2/h11-18,20-23,26-27H,7-10,19H2,1-6H3. The first-order valence-electron chi connectivity index (χ1n) is 14.4. The van der Waals surface area contributed by atoms with Gasteiger partial charge in [-0.3, -0.25) is 0 Å². The molecule has 0 nitrogen and oxygen atoms in total. The molecule has 4 aromatic rings. The van der Waals surface area contributed by atoms with E-state index in [2.05, 4.69) is 114 Å². The first kappa shape index (κ1) is 25.5. The Kier molecular flexibility index (Phi) is 7.38. The number of rotatable bonds is 8. The molecule has 5 rings (SSSR count). The average molecular weight is 487 g/mol. The topological polar surface area (TPSA) is 0 Å². The van der Waals surface area contributed by atoms with Crippen LogP contribution < -0.4 is 0 Å². The summed E-state index contributed by atoms with van der Waals surface area (Å²) in [4.78, 5) is 0. The lowest BCUT2D eigenvalue weighted by Gasteiger charge is -2.20. The summed E-state index contributed by atoms with van der Waals surface area (Å²) in [6, 6.07) is 28.4. The predicted octanol–water partition coefficient (Wildman–Crippen LogP) is 11.0. The molecule has 1 aliphatic carbocycles. The minimum absolute atomic E-state index is 0.543. The van der Waals surface area contributed by atoms with E-state index in [-0.39, 0.29) is 0 Å². The van der Waals surface area contributed by atoms with Gasteiger partial charge in [0.05, 0.1) is 0 Å². The summed E-state index contributed by atoms with van der Waals surface area (Å²) in [5.74, 6) is 1.09. The van der Waals surface area contributed by atoms with E-state index in [9.17, 15) is 0 Å². The van der Waals surface area contributed by atoms with Crippen molar-refractivity contribution in [2.24, 2.45) is 0 Å². The Balaban J connectivity index is 1.67. The Bertz CT molecular complexity index is 1280. The number of fused-ring (bicyclic) bond motifs is 3. The fourth-order valence-corrected chi connectivity index (χ4v) is 6.28. The molecule has 1 aliphatic rings. The Morgan fingerprint density at radius 2 is 0.919 bits per heavy atom. The summed E-state index contributed by atoms with van der Waals surface area (Å²) in [6.45, 7) is 13.8. The van der Waals surface area contributed by atoms with Crippen LogP contribution in [0, 0.1) is 13.8 Å². The second-order valence-corrected chi connectivity index (χ2v) is 11.5. The molecule has 0 aromatic heterocycles. The molecule has 0 bridgehead atoms. The molecule has 2 unspecified atom stereocenters. The summed E-state index contributed by atoms with van der Waals surface area (Å²) < 4.78 is 0. The van der Waals surface area contributed by atoms with Gasteiger partial charge in [-0.25, -0.2) is 0 Å². The normalized spacial score (nSPS) is 13.8. The quantitative estimate of drug-likeness (QED) is 0.204. The van der Waals surface area contributed by atoms with Gasteiger partial charge in [0.2, 0.25) is 0 Å². The minimum Gasteiger partial charge on any atom is -0.0654 e. The maximum absolute atomic E-state index is 2.55. The molecule has 190 valence electrons. The lowest BCUT2D eigenvalue weighted by molar-refractivity contribution is 0.665. The molecule has 0 spiro atoms. The molecule has 0 fully saturated rings. The molecule has 0 heteroatoms. The summed E-state index contributed by atoms with van der Waals surface area (Å²) in [5, 5.41) is 0. The van der Waals surface area contributed by atoms with Gasteiger partial charge < -0.3 is 0 Å². The summed E-state index contributed by atoms with van der Waals surface area (Å²) >= 11 is 0. The fourth-order valence-electron chi connectivity index (χ4n) is 6.28. The zero-order valence-electron chi connectivity index (χ0n) is 23.6. The van der Waals surface area contributed by atoms with Crippen LogP contribution in [0.25, 0.3) is 33.4 Å². The van der Waals surface area contributed by atoms with E-state index in [0.29, 0.717) is 11.8 Å². The molecular weight excluding hydrogens is 444 g/mol. The Morgan fingerprint density at radius 3 is 1.27 bits per heavy atom. The van der Waals surface area contributed by atoms with Crippen LogP contribution in [0.4, 0.5) is 0 Å². The van der Waals surface area contributed by atoms with Gasteiger partial charge in [-0.05, 0) is 125 Å². The summed E-state index contributed by atoms with van der Waals surface area (Å²) in [7, 11) is 0. The molecule has 0 N–H and O–H groups in total. The third kappa shape index (κ3) is 5.04. The van der Waals surface area contributed by atoms with Crippen LogP contribution in [-0.2, 0) is 6.42 Å². The maximum atomic E-state index is 2.55. The van der Waals surface area contributed by atoms with E-state index in [1.807, 2.05) is 0 Å². The van der Waals surface area contributed by atoms with Crippen LogP contribution in [0.5, 0.6) is 0 Å². The van der Waals surface area contributed by atoms with Crippen molar-refractivity contribution in [1.29, 1.82) is 0 Å². The maximum Gasteiger partial charge on any atom is -0.00130 e. The van der Waals surface area contributed by atoms with Crippen LogP contribution in [0.15, 0.2) is 72.8 Å². The van der Waals surface area contributed by atoms with Crippen LogP contribution in [-0.4, -0.2) is 0 Å². The Labute approximate surface area is 224 Å². The number of aryl methyl sites for hydroxylation is 2. The van der Waals surface area contributed by atoms with Gasteiger partial charge >= 0.3 is 0 Å². The van der Waals surface area contributed by atoms with Crippen LogP contribution in [0.3, 0.4) is 0 Å². The van der Waals surface area contributed by atoms with E-state index in [4.69, 9.17) is 0 Å². The molecule has 0 radical (unpaired) electrons. The van der Waals surface area contributed by atoms with Gasteiger partial charge in [-0.15, -0.1) is 0 Å². The van der Waals surface area contributed by atoms with Crippen molar-refractivity contribution in [3.63, 3.8) is 0 Å². The van der Waals surface area contributed by atoms with Crippen molar-refractivity contribution >= 4 is 0 Å². The minimum atomic E-state index is 0.543. The fraction of sp³-hybridized carbons (Fsp3) is 0.351. The smallest absolute Gasteiger partial charge is 0.00130 e. The number of hydrogen-bond donors (Lipinski definition) is 0. The van der Waals surface area contributed by atoms with E-state index in [1.165, 1.54) is 92.4 Å². The first-order chi connectivity index (χ1) is 17.9. The third-order valence-corrected chi connectivity index (χ3v) is 8.45. The molecular formula is C37H42. The SMILES string of the molecule is CCCC(C)c1cc2c(cc1-c1ccc(C)cc1)Cc1cc(-c3ccc(C)cc3)c(C(C)CCC)cc1-2. The van der Waals surface area contributed by atoms with Crippen molar-refractivity contribution in [2.75, 3.05) is 0 Å². The lowest BCUT2D eigenvalue weighted by Crippen LogP contribution is -2.00. The highest BCUT2D eigenvalue weighted by molar-refractivity contribution is 5.86. The molecule has 2 atom stereocenters. The van der Waals surface area contributed by atoms with Crippen molar-refractivity contribution < 1.29 is 0 Å². The molecule has 0 heterocycles. The van der Waals surface area contributed by atoms with Gasteiger partial charge in [0.25, 0.3) is 0 Å². The highest BCUT2D eigenvalue weighted by Gasteiger charge is 2.26. The second kappa shape index (κ2) is 10.7. The molecule has 0 amide bonds. The van der Waals surface area contributed by atoms with Crippen LogP contribution in [0.1, 0.15) is 98.6 Å². The van der Waals surface area contributed by atoms with E-state index >= 15 is 0 Å². The molecule has 37 heavy (non-hydrogen) atoms. The third-order valence-electron chi connectivity index (χ3n) is 8.45.